The SMILES string of the molecule is CN[C@@H]1COCc2cc(Br)ccc21. The quantitative estimate of drug-likeness (QED) is 0.815. The van der Waals surface area contributed by atoms with Crippen LogP contribution in [0.25, 0.3) is 0 Å². The molecule has 0 amide bonds. The molecule has 0 unspecified atom stereocenters. The highest BCUT2D eigenvalue weighted by Crippen LogP contribution is 2.26. The van der Waals surface area contributed by atoms with Gasteiger partial charge in [0.2, 0.25) is 0 Å². The predicted molar refractivity (Wildman–Crippen MR) is 55.6 cm³/mol. The lowest BCUT2D eigenvalue weighted by molar-refractivity contribution is 0.0844. The Morgan fingerprint density at radius 3 is 3.15 bits per heavy atom. The number of rotatable bonds is 1. The Morgan fingerprint density at radius 1 is 1.54 bits per heavy atom. The third-order valence-electron chi connectivity index (χ3n) is 2.37. The predicted octanol–water partition coefficient (Wildman–Crippen LogP) is 2.24. The Balaban J connectivity index is 2.40. The first-order valence-electron chi connectivity index (χ1n) is 4.34. The minimum Gasteiger partial charge on any atom is -0.375 e. The van der Waals surface area contributed by atoms with Gasteiger partial charge in [-0.3, -0.25) is 0 Å². The van der Waals surface area contributed by atoms with E-state index in [2.05, 4.69) is 39.4 Å². The largest absolute Gasteiger partial charge is 0.375 e. The van der Waals surface area contributed by atoms with Crippen molar-refractivity contribution < 1.29 is 4.74 Å². The maximum atomic E-state index is 5.47. The molecule has 0 fully saturated rings. The molecule has 3 heteroatoms. The molecule has 0 spiro atoms. The first kappa shape index (κ1) is 9.19. The highest BCUT2D eigenvalue weighted by Gasteiger charge is 2.18. The first-order valence-corrected chi connectivity index (χ1v) is 5.14. The second-order valence-corrected chi connectivity index (χ2v) is 4.12. The molecule has 1 aliphatic rings. The van der Waals surface area contributed by atoms with Gasteiger partial charge in [-0.2, -0.15) is 0 Å². The van der Waals surface area contributed by atoms with E-state index in [0.29, 0.717) is 6.04 Å². The fourth-order valence-corrected chi connectivity index (χ4v) is 2.06. The second kappa shape index (κ2) is 3.78. The Labute approximate surface area is 86.4 Å². The second-order valence-electron chi connectivity index (χ2n) is 3.20. The maximum absolute atomic E-state index is 5.47. The Bertz CT molecular complexity index is 314. The molecule has 2 nitrogen and oxygen atoms in total. The topological polar surface area (TPSA) is 21.3 Å². The molecule has 13 heavy (non-hydrogen) atoms. The number of likely N-dealkylation sites (N-methyl/N-ethyl adjacent to an activating group) is 1. The number of hydrogen-bond acceptors (Lipinski definition) is 2. The number of ether oxygens (including phenoxy) is 1. The number of fused-ring (bicyclic) bond motifs is 1. The van der Waals surface area contributed by atoms with Gasteiger partial charge in [0.15, 0.2) is 0 Å². The van der Waals surface area contributed by atoms with Crippen LogP contribution in [0.3, 0.4) is 0 Å². The lowest BCUT2D eigenvalue weighted by Crippen LogP contribution is -2.26. The molecule has 1 aliphatic heterocycles. The summed E-state index contributed by atoms with van der Waals surface area (Å²) in [5.74, 6) is 0. The van der Waals surface area contributed by atoms with Gasteiger partial charge in [-0.25, -0.2) is 0 Å². The molecular formula is C10H12BrNO. The summed E-state index contributed by atoms with van der Waals surface area (Å²) in [7, 11) is 1.96. The molecule has 1 atom stereocenters. The molecule has 0 aliphatic carbocycles. The zero-order valence-electron chi connectivity index (χ0n) is 7.51. The van der Waals surface area contributed by atoms with E-state index in [1.54, 1.807) is 0 Å². The molecule has 1 heterocycles. The highest BCUT2D eigenvalue weighted by molar-refractivity contribution is 9.10. The lowest BCUT2D eigenvalue weighted by atomic mass is 9.99. The zero-order valence-corrected chi connectivity index (χ0v) is 9.10. The molecule has 0 radical (unpaired) electrons. The third-order valence-corrected chi connectivity index (χ3v) is 2.86. The average Bonchev–Trinajstić information content (AvgIpc) is 2.16. The fraction of sp³-hybridized carbons (Fsp3) is 0.400. The summed E-state index contributed by atoms with van der Waals surface area (Å²) in [5.41, 5.74) is 2.64. The van der Waals surface area contributed by atoms with Crippen LogP contribution >= 0.6 is 15.9 Å². The monoisotopic (exact) mass is 241 g/mol. The van der Waals surface area contributed by atoms with Gasteiger partial charge in [0, 0.05) is 4.47 Å². The van der Waals surface area contributed by atoms with E-state index in [1.165, 1.54) is 11.1 Å². The van der Waals surface area contributed by atoms with Crippen LogP contribution in [-0.2, 0) is 11.3 Å². The Morgan fingerprint density at radius 2 is 2.38 bits per heavy atom. The van der Waals surface area contributed by atoms with Crippen molar-refractivity contribution in [3.63, 3.8) is 0 Å². The highest BCUT2D eigenvalue weighted by atomic mass is 79.9. The van der Waals surface area contributed by atoms with Crippen LogP contribution in [0.15, 0.2) is 22.7 Å². The van der Waals surface area contributed by atoms with Gasteiger partial charge >= 0.3 is 0 Å². The van der Waals surface area contributed by atoms with Crippen molar-refractivity contribution in [3.05, 3.63) is 33.8 Å². The van der Waals surface area contributed by atoms with Gasteiger partial charge in [0.25, 0.3) is 0 Å². The first-order chi connectivity index (χ1) is 6.31. The van der Waals surface area contributed by atoms with Crippen molar-refractivity contribution in [2.75, 3.05) is 13.7 Å². The molecule has 0 saturated carbocycles. The van der Waals surface area contributed by atoms with Crippen molar-refractivity contribution in [2.45, 2.75) is 12.6 Å². The van der Waals surface area contributed by atoms with Crippen LogP contribution in [0, 0.1) is 0 Å². The van der Waals surface area contributed by atoms with Crippen LogP contribution in [0.4, 0.5) is 0 Å². The fourth-order valence-electron chi connectivity index (χ4n) is 1.65. The van der Waals surface area contributed by atoms with Crippen LogP contribution < -0.4 is 5.32 Å². The van der Waals surface area contributed by atoms with E-state index in [9.17, 15) is 0 Å². The van der Waals surface area contributed by atoms with E-state index in [4.69, 9.17) is 4.74 Å². The van der Waals surface area contributed by atoms with Gasteiger partial charge in [-0.05, 0) is 30.3 Å². The summed E-state index contributed by atoms with van der Waals surface area (Å²) < 4.78 is 6.59. The molecule has 70 valence electrons. The Hall–Kier alpha value is -0.380. The number of nitrogens with one attached hydrogen (secondary N) is 1. The minimum atomic E-state index is 0.344. The molecule has 0 saturated heterocycles. The van der Waals surface area contributed by atoms with Gasteiger partial charge in [-0.15, -0.1) is 0 Å². The number of halogens is 1. The summed E-state index contributed by atoms with van der Waals surface area (Å²) in [6.07, 6.45) is 0. The van der Waals surface area contributed by atoms with Crippen LogP contribution in [0.5, 0.6) is 0 Å². The van der Waals surface area contributed by atoms with Crippen molar-refractivity contribution >= 4 is 15.9 Å². The molecule has 0 aromatic heterocycles. The molecule has 0 bridgehead atoms. The third kappa shape index (κ3) is 1.77. The van der Waals surface area contributed by atoms with Crippen molar-refractivity contribution in [1.82, 2.24) is 5.32 Å². The normalized spacial score (nSPS) is 21.2. The van der Waals surface area contributed by atoms with Gasteiger partial charge in [0.1, 0.15) is 0 Å². The molecule has 1 N–H and O–H groups in total. The van der Waals surface area contributed by atoms with Crippen molar-refractivity contribution in [3.8, 4) is 0 Å². The lowest BCUT2D eigenvalue weighted by Gasteiger charge is -2.25. The molecule has 1 aromatic carbocycles. The summed E-state index contributed by atoms with van der Waals surface area (Å²) in [5, 5.41) is 3.24. The molecule has 1 aromatic rings. The maximum Gasteiger partial charge on any atom is 0.0721 e. The summed E-state index contributed by atoms with van der Waals surface area (Å²) in [4.78, 5) is 0. The van der Waals surface area contributed by atoms with Crippen molar-refractivity contribution in [2.24, 2.45) is 0 Å². The number of hydrogen-bond donors (Lipinski definition) is 1. The van der Waals surface area contributed by atoms with Crippen molar-refractivity contribution in [1.29, 1.82) is 0 Å². The van der Waals surface area contributed by atoms with Crippen LogP contribution in [0.1, 0.15) is 17.2 Å². The average molecular weight is 242 g/mol. The standard InChI is InChI=1S/C10H12BrNO/c1-12-10-6-13-5-7-4-8(11)2-3-9(7)10/h2-4,10,12H,5-6H2,1H3/t10-/m1/s1. The summed E-state index contributed by atoms with van der Waals surface area (Å²) in [6.45, 7) is 1.50. The smallest absolute Gasteiger partial charge is 0.0721 e. The summed E-state index contributed by atoms with van der Waals surface area (Å²) >= 11 is 3.46. The van der Waals surface area contributed by atoms with Crippen LogP contribution in [0.2, 0.25) is 0 Å². The van der Waals surface area contributed by atoms with E-state index >= 15 is 0 Å². The number of benzene rings is 1. The molecular weight excluding hydrogens is 230 g/mol. The molecule has 2 rings (SSSR count). The van der Waals surface area contributed by atoms with Gasteiger partial charge < -0.3 is 10.1 Å². The van der Waals surface area contributed by atoms with E-state index in [-0.39, 0.29) is 0 Å². The van der Waals surface area contributed by atoms with Gasteiger partial charge in [0.05, 0.1) is 19.3 Å². The summed E-state index contributed by atoms with van der Waals surface area (Å²) in [6, 6.07) is 6.70. The van der Waals surface area contributed by atoms with Gasteiger partial charge in [-0.1, -0.05) is 22.0 Å². The Kier molecular flexibility index (Phi) is 2.67. The van der Waals surface area contributed by atoms with E-state index in [0.717, 1.165) is 17.7 Å². The van der Waals surface area contributed by atoms with Crippen LogP contribution in [-0.4, -0.2) is 13.7 Å². The van der Waals surface area contributed by atoms with E-state index in [1.807, 2.05) is 7.05 Å². The zero-order chi connectivity index (χ0) is 9.26. The minimum absolute atomic E-state index is 0.344. The van der Waals surface area contributed by atoms with E-state index < -0.39 is 0 Å².